The minimum atomic E-state index is -0.406. The Bertz CT molecular complexity index is 246. The number of hydrogen-bond donors (Lipinski definition) is 1. The molecule has 1 aromatic rings. The third kappa shape index (κ3) is 2.54. The van der Waals surface area contributed by atoms with Crippen molar-refractivity contribution in [1.29, 1.82) is 0 Å². The van der Waals surface area contributed by atoms with Gasteiger partial charge in [-0.1, -0.05) is 30.3 Å². The van der Waals surface area contributed by atoms with Gasteiger partial charge in [0, 0.05) is 6.04 Å². The van der Waals surface area contributed by atoms with Gasteiger partial charge in [-0.3, -0.25) is 0 Å². The fourth-order valence-corrected chi connectivity index (χ4v) is 1.21. The van der Waals surface area contributed by atoms with Crippen LogP contribution in [-0.4, -0.2) is 30.1 Å². The first-order chi connectivity index (χ1) is 6.13. The summed E-state index contributed by atoms with van der Waals surface area (Å²) in [4.78, 5) is 2.01. The molecule has 0 aliphatic rings. The molecule has 0 aliphatic heterocycles. The molecule has 0 aromatic heterocycles. The van der Waals surface area contributed by atoms with E-state index in [1.807, 2.05) is 56.3 Å². The van der Waals surface area contributed by atoms with Gasteiger partial charge < -0.3 is 10.0 Å². The van der Waals surface area contributed by atoms with Crippen molar-refractivity contribution in [1.82, 2.24) is 4.90 Å². The Hall–Kier alpha value is -0.860. The topological polar surface area (TPSA) is 23.5 Å². The maximum Gasteiger partial charge on any atom is 0.0942 e. The molecule has 0 saturated carbocycles. The summed E-state index contributed by atoms with van der Waals surface area (Å²) in [7, 11) is 3.94. The fraction of sp³-hybridized carbons (Fsp3) is 0.455. The minimum absolute atomic E-state index is 0.141. The SMILES string of the molecule is CC([C@H](O)c1ccccc1)N(C)C. The van der Waals surface area contributed by atoms with Crippen LogP contribution in [-0.2, 0) is 0 Å². The van der Waals surface area contributed by atoms with E-state index in [1.54, 1.807) is 0 Å². The van der Waals surface area contributed by atoms with Crippen molar-refractivity contribution in [3.8, 4) is 0 Å². The summed E-state index contributed by atoms with van der Waals surface area (Å²) in [6.45, 7) is 2.01. The van der Waals surface area contributed by atoms with Crippen LogP contribution in [0, 0.1) is 0 Å². The van der Waals surface area contributed by atoms with Crippen molar-refractivity contribution >= 4 is 0 Å². The molecular weight excluding hydrogens is 162 g/mol. The van der Waals surface area contributed by atoms with Crippen LogP contribution >= 0.6 is 0 Å². The zero-order valence-corrected chi connectivity index (χ0v) is 8.44. The van der Waals surface area contributed by atoms with E-state index in [4.69, 9.17) is 0 Å². The van der Waals surface area contributed by atoms with Crippen LogP contribution in [0.15, 0.2) is 30.3 Å². The van der Waals surface area contributed by atoms with Gasteiger partial charge >= 0.3 is 0 Å². The second kappa shape index (κ2) is 4.40. The lowest BCUT2D eigenvalue weighted by molar-refractivity contribution is 0.0858. The van der Waals surface area contributed by atoms with Gasteiger partial charge in [-0.2, -0.15) is 0 Å². The lowest BCUT2D eigenvalue weighted by atomic mass is 10.0. The predicted octanol–water partition coefficient (Wildman–Crippen LogP) is 1.67. The quantitative estimate of drug-likeness (QED) is 0.763. The van der Waals surface area contributed by atoms with E-state index in [0.29, 0.717) is 0 Å². The largest absolute Gasteiger partial charge is 0.387 e. The first kappa shape index (κ1) is 10.2. The van der Waals surface area contributed by atoms with Gasteiger partial charge in [0.25, 0.3) is 0 Å². The number of aliphatic hydroxyl groups excluding tert-OH is 1. The highest BCUT2D eigenvalue weighted by atomic mass is 16.3. The number of likely N-dealkylation sites (N-methyl/N-ethyl adjacent to an activating group) is 1. The molecule has 1 rings (SSSR count). The van der Waals surface area contributed by atoms with Crippen LogP contribution in [0.3, 0.4) is 0 Å². The van der Waals surface area contributed by atoms with E-state index in [2.05, 4.69) is 0 Å². The van der Waals surface area contributed by atoms with E-state index < -0.39 is 6.10 Å². The average Bonchev–Trinajstić information content (AvgIpc) is 2.17. The molecule has 0 radical (unpaired) electrons. The number of benzene rings is 1. The van der Waals surface area contributed by atoms with Crippen LogP contribution in [0.2, 0.25) is 0 Å². The molecule has 0 aliphatic carbocycles. The van der Waals surface area contributed by atoms with E-state index in [-0.39, 0.29) is 6.04 Å². The first-order valence-electron chi connectivity index (χ1n) is 4.52. The molecule has 0 amide bonds. The molecule has 2 nitrogen and oxygen atoms in total. The average molecular weight is 179 g/mol. The van der Waals surface area contributed by atoms with E-state index in [9.17, 15) is 5.11 Å². The third-order valence-electron chi connectivity index (χ3n) is 2.41. The molecule has 1 aromatic carbocycles. The highest BCUT2D eigenvalue weighted by Crippen LogP contribution is 2.18. The normalized spacial score (nSPS) is 15.8. The summed E-state index contributed by atoms with van der Waals surface area (Å²) >= 11 is 0. The van der Waals surface area contributed by atoms with Crippen molar-refractivity contribution in [2.45, 2.75) is 19.1 Å². The lowest BCUT2D eigenvalue weighted by Crippen LogP contribution is -2.30. The standard InChI is InChI=1S/C11H17NO/c1-9(12(2)3)11(13)10-7-5-4-6-8-10/h4-9,11,13H,1-3H3/t9?,11-/m0/s1. The predicted molar refractivity (Wildman–Crippen MR) is 54.6 cm³/mol. The summed E-state index contributed by atoms with van der Waals surface area (Å²) in [5.74, 6) is 0. The van der Waals surface area contributed by atoms with Gasteiger partial charge in [0.1, 0.15) is 0 Å². The molecule has 0 heterocycles. The molecular formula is C11H17NO. The van der Waals surface area contributed by atoms with Crippen molar-refractivity contribution in [2.75, 3.05) is 14.1 Å². The maximum atomic E-state index is 9.92. The zero-order valence-electron chi connectivity index (χ0n) is 8.44. The Morgan fingerprint density at radius 1 is 1.15 bits per heavy atom. The van der Waals surface area contributed by atoms with Crippen LogP contribution in [0.25, 0.3) is 0 Å². The molecule has 72 valence electrons. The van der Waals surface area contributed by atoms with Crippen molar-refractivity contribution in [3.05, 3.63) is 35.9 Å². The summed E-state index contributed by atoms with van der Waals surface area (Å²) < 4.78 is 0. The second-order valence-corrected chi connectivity index (χ2v) is 3.56. The molecule has 1 N–H and O–H groups in total. The van der Waals surface area contributed by atoms with Crippen LogP contribution in [0.1, 0.15) is 18.6 Å². The molecule has 1 unspecified atom stereocenters. The lowest BCUT2D eigenvalue weighted by Gasteiger charge is -2.25. The maximum absolute atomic E-state index is 9.92. The Morgan fingerprint density at radius 2 is 1.69 bits per heavy atom. The summed E-state index contributed by atoms with van der Waals surface area (Å²) in [5.41, 5.74) is 0.976. The van der Waals surface area contributed by atoms with Crippen LogP contribution in [0.4, 0.5) is 0 Å². The van der Waals surface area contributed by atoms with Crippen LogP contribution in [0.5, 0.6) is 0 Å². The summed E-state index contributed by atoms with van der Waals surface area (Å²) in [6.07, 6.45) is -0.406. The highest BCUT2D eigenvalue weighted by Gasteiger charge is 2.17. The molecule has 0 saturated heterocycles. The van der Waals surface area contributed by atoms with Gasteiger partial charge in [0.2, 0.25) is 0 Å². The minimum Gasteiger partial charge on any atom is -0.387 e. The van der Waals surface area contributed by atoms with E-state index >= 15 is 0 Å². The number of aliphatic hydroxyl groups is 1. The van der Waals surface area contributed by atoms with Gasteiger partial charge in [-0.15, -0.1) is 0 Å². The highest BCUT2D eigenvalue weighted by molar-refractivity contribution is 5.18. The molecule has 0 fully saturated rings. The second-order valence-electron chi connectivity index (χ2n) is 3.56. The number of rotatable bonds is 3. The monoisotopic (exact) mass is 179 g/mol. The molecule has 2 atom stereocenters. The van der Waals surface area contributed by atoms with Gasteiger partial charge in [-0.25, -0.2) is 0 Å². The number of nitrogens with zero attached hydrogens (tertiary/aromatic N) is 1. The summed E-state index contributed by atoms with van der Waals surface area (Å²) in [6, 6.07) is 9.88. The fourth-order valence-electron chi connectivity index (χ4n) is 1.21. The Morgan fingerprint density at radius 3 is 2.15 bits per heavy atom. The van der Waals surface area contributed by atoms with Gasteiger partial charge in [-0.05, 0) is 26.6 Å². The molecule has 2 heteroatoms. The van der Waals surface area contributed by atoms with Gasteiger partial charge in [0.05, 0.1) is 6.10 Å². The Labute approximate surface area is 79.8 Å². The van der Waals surface area contributed by atoms with Crippen LogP contribution < -0.4 is 0 Å². The molecule has 0 spiro atoms. The van der Waals surface area contributed by atoms with Crippen molar-refractivity contribution < 1.29 is 5.11 Å². The van der Waals surface area contributed by atoms with E-state index in [0.717, 1.165) is 5.56 Å². The van der Waals surface area contributed by atoms with Crippen molar-refractivity contribution in [2.24, 2.45) is 0 Å². The van der Waals surface area contributed by atoms with Gasteiger partial charge in [0.15, 0.2) is 0 Å². The summed E-state index contributed by atoms with van der Waals surface area (Å²) in [5, 5.41) is 9.92. The Balaban J connectivity index is 2.73. The third-order valence-corrected chi connectivity index (χ3v) is 2.41. The first-order valence-corrected chi connectivity index (χ1v) is 4.52. The molecule has 13 heavy (non-hydrogen) atoms. The number of hydrogen-bond acceptors (Lipinski definition) is 2. The smallest absolute Gasteiger partial charge is 0.0942 e. The Kier molecular flexibility index (Phi) is 3.46. The van der Waals surface area contributed by atoms with Crippen molar-refractivity contribution in [3.63, 3.8) is 0 Å². The van der Waals surface area contributed by atoms with E-state index in [1.165, 1.54) is 0 Å². The molecule has 0 bridgehead atoms. The zero-order chi connectivity index (χ0) is 9.84.